The summed E-state index contributed by atoms with van der Waals surface area (Å²) < 4.78 is 28.6. The number of hydrogen-bond acceptors (Lipinski definition) is 7. The number of carbonyl (C=O) groups is 1. The van der Waals surface area contributed by atoms with Crippen LogP contribution in [0.5, 0.6) is 28.7 Å². The highest BCUT2D eigenvalue weighted by atomic mass is 16.5. The SMILES string of the molecule is COc1cccc2c1O[C@@]13CCC[C@H]1[C@H]2/C(=C(O)\C=C\c1ccc(OC)c(OC)c1OC)C(=O)N3C. The highest BCUT2D eigenvalue weighted by Gasteiger charge is 2.62. The number of ether oxygens (including phenoxy) is 5. The van der Waals surface area contributed by atoms with Gasteiger partial charge < -0.3 is 33.7 Å². The van der Waals surface area contributed by atoms with Crippen LogP contribution >= 0.6 is 0 Å². The fourth-order valence-electron chi connectivity index (χ4n) is 6.09. The lowest BCUT2D eigenvalue weighted by Gasteiger charge is -2.54. The van der Waals surface area contributed by atoms with E-state index in [9.17, 15) is 9.90 Å². The summed E-state index contributed by atoms with van der Waals surface area (Å²) in [7, 11) is 7.99. The van der Waals surface area contributed by atoms with E-state index in [1.165, 1.54) is 7.11 Å². The number of allylic oxidation sites excluding steroid dienone is 1. The van der Waals surface area contributed by atoms with Crippen molar-refractivity contribution >= 4 is 12.0 Å². The number of rotatable bonds is 6. The topological polar surface area (TPSA) is 86.7 Å². The third kappa shape index (κ3) is 3.31. The minimum Gasteiger partial charge on any atom is -0.507 e. The Hall–Kier alpha value is -3.81. The fourth-order valence-corrected chi connectivity index (χ4v) is 6.09. The molecule has 8 nitrogen and oxygen atoms in total. The van der Waals surface area contributed by atoms with Gasteiger partial charge in [-0.05, 0) is 43.2 Å². The first-order valence-electron chi connectivity index (χ1n) is 12.0. The van der Waals surface area contributed by atoms with Crippen LogP contribution in [0, 0.1) is 5.92 Å². The molecule has 1 aliphatic carbocycles. The maximum Gasteiger partial charge on any atom is 0.256 e. The molecule has 2 heterocycles. The molecule has 8 heteroatoms. The summed E-state index contributed by atoms with van der Waals surface area (Å²) >= 11 is 0. The maximum atomic E-state index is 13.7. The van der Waals surface area contributed by atoms with Gasteiger partial charge in [0.05, 0.1) is 34.0 Å². The summed E-state index contributed by atoms with van der Waals surface area (Å²) in [6.45, 7) is 0. The molecular formula is C28H31NO7. The van der Waals surface area contributed by atoms with E-state index in [4.69, 9.17) is 23.7 Å². The number of nitrogens with zero attached hydrogens (tertiary/aromatic N) is 1. The van der Waals surface area contributed by atoms with E-state index in [-0.39, 0.29) is 23.5 Å². The van der Waals surface area contributed by atoms with Gasteiger partial charge in [-0.1, -0.05) is 12.1 Å². The summed E-state index contributed by atoms with van der Waals surface area (Å²) in [5.41, 5.74) is 1.14. The van der Waals surface area contributed by atoms with Crippen LogP contribution in [-0.4, -0.2) is 57.1 Å². The van der Waals surface area contributed by atoms with Gasteiger partial charge in [0.15, 0.2) is 28.7 Å². The summed E-state index contributed by atoms with van der Waals surface area (Å²) in [5, 5.41) is 11.4. The molecule has 0 spiro atoms. The average Bonchev–Trinajstić information content (AvgIpc) is 3.35. The number of aliphatic hydroxyl groups is 1. The summed E-state index contributed by atoms with van der Waals surface area (Å²) in [6.07, 6.45) is 5.81. The Bertz CT molecular complexity index is 1270. The van der Waals surface area contributed by atoms with Crippen LogP contribution in [0.3, 0.4) is 0 Å². The van der Waals surface area contributed by atoms with Gasteiger partial charge in [-0.25, -0.2) is 0 Å². The van der Waals surface area contributed by atoms with Crippen LogP contribution < -0.4 is 23.7 Å². The van der Waals surface area contributed by atoms with Gasteiger partial charge in [0.2, 0.25) is 5.75 Å². The molecule has 2 fully saturated rings. The lowest BCUT2D eigenvalue weighted by molar-refractivity contribution is -0.166. The quantitative estimate of drug-likeness (QED) is 0.461. The van der Waals surface area contributed by atoms with Gasteiger partial charge in [-0.15, -0.1) is 0 Å². The van der Waals surface area contributed by atoms with Gasteiger partial charge >= 0.3 is 0 Å². The molecule has 2 aliphatic heterocycles. The molecule has 2 aromatic rings. The van der Waals surface area contributed by atoms with Crippen molar-refractivity contribution < 1.29 is 33.6 Å². The lowest BCUT2D eigenvalue weighted by atomic mass is 9.69. The second-order valence-electron chi connectivity index (χ2n) is 9.22. The normalized spacial score (nSPS) is 25.7. The van der Waals surface area contributed by atoms with Crippen molar-refractivity contribution in [2.24, 2.45) is 5.92 Å². The molecule has 3 atom stereocenters. The summed E-state index contributed by atoms with van der Waals surface area (Å²) in [5.74, 6) is 2.08. The smallest absolute Gasteiger partial charge is 0.256 e. The number of amides is 1. The Labute approximate surface area is 210 Å². The standard InChI is InChI=1S/C28H31NO7/c1-29-27(31)23(19(30)13-11-16-12-14-21(33-3)26(35-5)24(16)34-4)22-17-8-6-10-20(32-2)25(17)36-28(29)15-7-9-18(22)28/h6,8,10-14,18,22,30H,7,9,15H2,1-5H3/b13-11+,23-19-/t18-,22-,28-/m0/s1. The van der Waals surface area contributed by atoms with Crippen molar-refractivity contribution in [2.45, 2.75) is 30.9 Å². The maximum absolute atomic E-state index is 13.7. The number of likely N-dealkylation sites (N-methyl/N-ethyl adjacent to an activating group) is 1. The van der Waals surface area contributed by atoms with Crippen molar-refractivity contribution in [3.63, 3.8) is 0 Å². The van der Waals surface area contributed by atoms with E-state index in [0.717, 1.165) is 24.8 Å². The zero-order valence-electron chi connectivity index (χ0n) is 21.2. The zero-order chi connectivity index (χ0) is 25.6. The van der Waals surface area contributed by atoms with Crippen LogP contribution in [0.25, 0.3) is 6.08 Å². The molecule has 0 unspecified atom stereocenters. The summed E-state index contributed by atoms with van der Waals surface area (Å²) in [6, 6.07) is 9.27. The molecule has 5 rings (SSSR count). The first kappa shape index (κ1) is 23.9. The molecule has 36 heavy (non-hydrogen) atoms. The first-order chi connectivity index (χ1) is 17.4. The van der Waals surface area contributed by atoms with Gasteiger partial charge in [-0.2, -0.15) is 0 Å². The molecule has 1 saturated carbocycles. The van der Waals surface area contributed by atoms with Crippen LogP contribution in [0.4, 0.5) is 0 Å². The van der Waals surface area contributed by atoms with E-state index in [1.807, 2.05) is 18.2 Å². The molecular weight excluding hydrogens is 462 g/mol. The number of piperidine rings is 1. The van der Waals surface area contributed by atoms with E-state index in [0.29, 0.717) is 39.9 Å². The van der Waals surface area contributed by atoms with Gasteiger partial charge in [0.1, 0.15) is 5.76 Å². The fraction of sp³-hybridized carbons (Fsp3) is 0.393. The Morgan fingerprint density at radius 3 is 2.50 bits per heavy atom. The molecule has 2 bridgehead atoms. The third-order valence-electron chi connectivity index (χ3n) is 7.72. The summed E-state index contributed by atoms with van der Waals surface area (Å²) in [4.78, 5) is 15.4. The molecule has 1 N–H and O–H groups in total. The largest absolute Gasteiger partial charge is 0.507 e. The van der Waals surface area contributed by atoms with E-state index < -0.39 is 5.72 Å². The molecule has 0 aromatic heterocycles. The molecule has 190 valence electrons. The van der Waals surface area contributed by atoms with Crippen molar-refractivity contribution in [3.8, 4) is 28.7 Å². The highest BCUT2D eigenvalue weighted by molar-refractivity contribution is 5.98. The Balaban J connectivity index is 1.65. The monoisotopic (exact) mass is 493 g/mol. The van der Waals surface area contributed by atoms with E-state index >= 15 is 0 Å². The number of fused-ring (bicyclic) bond motifs is 2. The minimum absolute atomic E-state index is 0.0287. The van der Waals surface area contributed by atoms with Crippen molar-refractivity contribution in [1.29, 1.82) is 0 Å². The third-order valence-corrected chi connectivity index (χ3v) is 7.72. The number of hydrogen-bond donors (Lipinski definition) is 1. The predicted molar refractivity (Wildman–Crippen MR) is 134 cm³/mol. The Morgan fingerprint density at radius 1 is 1.06 bits per heavy atom. The number of aliphatic hydroxyl groups excluding tert-OH is 1. The molecule has 1 saturated heterocycles. The van der Waals surface area contributed by atoms with Gasteiger partial charge in [0, 0.05) is 36.4 Å². The predicted octanol–water partition coefficient (Wildman–Crippen LogP) is 4.69. The van der Waals surface area contributed by atoms with Crippen LogP contribution in [0.1, 0.15) is 36.3 Å². The van der Waals surface area contributed by atoms with E-state index in [1.54, 1.807) is 57.6 Å². The first-order valence-corrected chi connectivity index (χ1v) is 12.0. The zero-order valence-corrected chi connectivity index (χ0v) is 21.2. The minimum atomic E-state index is -0.747. The number of para-hydroxylation sites is 1. The van der Waals surface area contributed by atoms with E-state index in [2.05, 4.69) is 0 Å². The number of methoxy groups -OCH3 is 4. The van der Waals surface area contributed by atoms with Crippen LogP contribution in [0.2, 0.25) is 0 Å². The van der Waals surface area contributed by atoms with Crippen molar-refractivity contribution in [1.82, 2.24) is 4.90 Å². The van der Waals surface area contributed by atoms with Crippen molar-refractivity contribution in [3.05, 3.63) is 58.9 Å². The second kappa shape index (κ2) is 9.00. The van der Waals surface area contributed by atoms with Gasteiger partial charge in [0.25, 0.3) is 5.91 Å². The average molecular weight is 494 g/mol. The Morgan fingerprint density at radius 2 is 1.81 bits per heavy atom. The molecule has 1 amide bonds. The molecule has 2 aromatic carbocycles. The highest BCUT2D eigenvalue weighted by Crippen LogP contribution is 2.61. The second-order valence-corrected chi connectivity index (χ2v) is 9.22. The Kier molecular flexibility index (Phi) is 5.98. The van der Waals surface area contributed by atoms with Crippen LogP contribution in [0.15, 0.2) is 47.7 Å². The van der Waals surface area contributed by atoms with Crippen LogP contribution in [-0.2, 0) is 4.79 Å². The number of likely N-dealkylation sites (tertiary alicyclic amines) is 1. The van der Waals surface area contributed by atoms with Gasteiger partial charge in [-0.3, -0.25) is 4.79 Å². The van der Waals surface area contributed by atoms with Crippen molar-refractivity contribution in [2.75, 3.05) is 35.5 Å². The number of carbonyl (C=O) groups excluding carboxylic acids is 1. The molecule has 0 radical (unpaired) electrons. The number of benzene rings is 2. The lowest BCUT2D eigenvalue weighted by Crippen LogP contribution is -2.64. The molecule has 3 aliphatic rings.